The van der Waals surface area contributed by atoms with Crippen LogP contribution in [0.25, 0.3) is 10.6 Å². The highest BCUT2D eigenvalue weighted by molar-refractivity contribution is 7.17. The Balaban J connectivity index is 1.27. The number of carbonyl (C=O) groups excluding carboxylic acids is 3. The molecule has 2 aromatic carbocycles. The number of likely N-dealkylation sites (tertiary alicyclic amines) is 1. The smallest absolute Gasteiger partial charge is 0.350 e. The van der Waals surface area contributed by atoms with E-state index in [1.54, 1.807) is 24.0 Å². The second-order valence-corrected chi connectivity index (χ2v) is 9.47. The maximum absolute atomic E-state index is 12.6. The van der Waals surface area contributed by atoms with Crippen LogP contribution in [0.1, 0.15) is 28.2 Å². The number of ether oxygens (including phenoxy) is 1. The van der Waals surface area contributed by atoms with Crippen molar-refractivity contribution in [2.24, 2.45) is 5.92 Å². The zero-order valence-electron chi connectivity index (χ0n) is 18.6. The highest BCUT2D eigenvalue weighted by Gasteiger charge is 2.28. The second kappa shape index (κ2) is 10.8. The number of hydrogen-bond donors (Lipinski definition) is 1. The van der Waals surface area contributed by atoms with Gasteiger partial charge in [0.1, 0.15) is 9.88 Å². The molecule has 3 aromatic rings. The Bertz CT molecular complexity index is 1190. The van der Waals surface area contributed by atoms with E-state index < -0.39 is 5.97 Å². The molecule has 0 radical (unpaired) electrons. The summed E-state index contributed by atoms with van der Waals surface area (Å²) in [6.07, 6.45) is 1.13. The van der Waals surface area contributed by atoms with Crippen molar-refractivity contribution in [3.8, 4) is 10.6 Å². The number of benzene rings is 2. The van der Waals surface area contributed by atoms with Gasteiger partial charge in [0, 0.05) is 35.3 Å². The number of carbonyl (C=O) groups is 3. The molecule has 2 heterocycles. The van der Waals surface area contributed by atoms with E-state index in [0.717, 1.165) is 11.3 Å². The van der Waals surface area contributed by atoms with Gasteiger partial charge >= 0.3 is 5.97 Å². The Morgan fingerprint density at radius 1 is 1.12 bits per heavy atom. The summed E-state index contributed by atoms with van der Waals surface area (Å²) in [5, 5.41) is 4.16. The number of piperidine rings is 1. The summed E-state index contributed by atoms with van der Waals surface area (Å²) in [5.41, 5.74) is 2.12. The van der Waals surface area contributed by atoms with Gasteiger partial charge in [-0.2, -0.15) is 0 Å². The molecule has 1 saturated heterocycles. The SMILES string of the molecule is Cc1nc(-c2cccc(Cl)c2)sc1C(=O)OCC(=O)N1CCC(C(=O)Nc2ccccc2)CC1. The Kier molecular flexibility index (Phi) is 7.59. The number of halogens is 1. The zero-order valence-corrected chi connectivity index (χ0v) is 20.2. The largest absolute Gasteiger partial charge is 0.451 e. The van der Waals surface area contributed by atoms with Crippen LogP contribution in [0.2, 0.25) is 5.02 Å². The van der Waals surface area contributed by atoms with E-state index >= 15 is 0 Å². The molecule has 1 aromatic heterocycles. The molecule has 1 N–H and O–H groups in total. The topological polar surface area (TPSA) is 88.6 Å². The van der Waals surface area contributed by atoms with Gasteiger partial charge in [0.15, 0.2) is 6.61 Å². The number of esters is 1. The van der Waals surface area contributed by atoms with Gasteiger partial charge in [0.05, 0.1) is 5.69 Å². The van der Waals surface area contributed by atoms with Crippen LogP contribution in [0.4, 0.5) is 5.69 Å². The van der Waals surface area contributed by atoms with Gasteiger partial charge in [-0.3, -0.25) is 9.59 Å². The van der Waals surface area contributed by atoms with Crippen molar-refractivity contribution in [3.63, 3.8) is 0 Å². The van der Waals surface area contributed by atoms with Gasteiger partial charge in [-0.05, 0) is 44.0 Å². The number of nitrogens with one attached hydrogen (secondary N) is 1. The van der Waals surface area contributed by atoms with Crippen molar-refractivity contribution in [3.05, 3.63) is 70.2 Å². The van der Waals surface area contributed by atoms with E-state index in [9.17, 15) is 14.4 Å². The first kappa shape index (κ1) is 23.9. The third-order valence-corrected chi connectivity index (χ3v) is 7.06. The molecule has 176 valence electrons. The van der Waals surface area contributed by atoms with E-state index in [1.165, 1.54) is 11.3 Å². The third-order valence-electron chi connectivity index (χ3n) is 5.64. The number of rotatable bonds is 6. The summed E-state index contributed by atoms with van der Waals surface area (Å²) >= 11 is 7.25. The number of anilines is 1. The molecule has 34 heavy (non-hydrogen) atoms. The molecule has 1 aliphatic heterocycles. The van der Waals surface area contributed by atoms with Crippen molar-refractivity contribution < 1.29 is 19.1 Å². The molecule has 1 aliphatic rings. The summed E-state index contributed by atoms with van der Waals surface area (Å²) in [6, 6.07) is 16.5. The molecule has 0 spiro atoms. The molecule has 0 aliphatic carbocycles. The van der Waals surface area contributed by atoms with Gasteiger partial charge in [-0.15, -0.1) is 11.3 Å². The lowest BCUT2D eigenvalue weighted by molar-refractivity contribution is -0.137. The van der Waals surface area contributed by atoms with Crippen molar-refractivity contribution in [1.82, 2.24) is 9.88 Å². The van der Waals surface area contributed by atoms with Gasteiger partial charge < -0.3 is 15.0 Å². The lowest BCUT2D eigenvalue weighted by Gasteiger charge is -2.31. The standard InChI is InChI=1S/C25H24ClN3O4S/c1-16-22(34-24(27-16)18-6-5-7-19(26)14-18)25(32)33-15-21(30)29-12-10-17(11-13-29)23(31)28-20-8-3-2-4-9-20/h2-9,14,17H,10-13,15H2,1H3,(H,28,31). The van der Waals surface area contributed by atoms with E-state index in [1.807, 2.05) is 42.5 Å². The summed E-state index contributed by atoms with van der Waals surface area (Å²) in [6.45, 7) is 2.28. The Morgan fingerprint density at radius 2 is 1.85 bits per heavy atom. The predicted molar refractivity (Wildman–Crippen MR) is 132 cm³/mol. The van der Waals surface area contributed by atoms with Crippen LogP contribution in [0, 0.1) is 12.8 Å². The van der Waals surface area contributed by atoms with Gasteiger partial charge in [-0.25, -0.2) is 9.78 Å². The molecule has 9 heteroatoms. The van der Waals surface area contributed by atoms with Crippen molar-refractivity contribution in [2.45, 2.75) is 19.8 Å². The summed E-state index contributed by atoms with van der Waals surface area (Å²) < 4.78 is 5.29. The maximum Gasteiger partial charge on any atom is 0.350 e. The minimum atomic E-state index is -0.575. The van der Waals surface area contributed by atoms with Crippen LogP contribution in [0.5, 0.6) is 0 Å². The minimum absolute atomic E-state index is 0.0408. The van der Waals surface area contributed by atoms with Crippen molar-refractivity contribution in [1.29, 1.82) is 0 Å². The van der Waals surface area contributed by atoms with E-state index in [0.29, 0.717) is 46.5 Å². The zero-order chi connectivity index (χ0) is 24.1. The highest BCUT2D eigenvalue weighted by atomic mass is 35.5. The van der Waals surface area contributed by atoms with Gasteiger partial charge in [0.2, 0.25) is 5.91 Å². The van der Waals surface area contributed by atoms with Crippen LogP contribution < -0.4 is 5.32 Å². The minimum Gasteiger partial charge on any atom is -0.451 e. The van der Waals surface area contributed by atoms with Gasteiger partial charge in [-0.1, -0.05) is 41.9 Å². The molecule has 7 nitrogen and oxygen atoms in total. The Morgan fingerprint density at radius 3 is 2.56 bits per heavy atom. The van der Waals surface area contributed by atoms with E-state index in [-0.39, 0.29) is 24.3 Å². The maximum atomic E-state index is 12.6. The molecular weight excluding hydrogens is 474 g/mol. The number of hydrogen-bond acceptors (Lipinski definition) is 6. The lowest BCUT2D eigenvalue weighted by Crippen LogP contribution is -2.43. The molecule has 1 fully saturated rings. The summed E-state index contributed by atoms with van der Waals surface area (Å²) in [4.78, 5) is 44.1. The normalized spacial score (nSPS) is 14.0. The monoisotopic (exact) mass is 497 g/mol. The van der Waals surface area contributed by atoms with E-state index in [2.05, 4.69) is 10.3 Å². The number of para-hydroxylation sites is 1. The average molecular weight is 498 g/mol. The molecule has 0 bridgehead atoms. The second-order valence-electron chi connectivity index (χ2n) is 8.03. The molecule has 4 rings (SSSR count). The number of thiazole rings is 1. The van der Waals surface area contributed by atoms with Crippen LogP contribution >= 0.6 is 22.9 Å². The molecular formula is C25H24ClN3O4S. The highest BCUT2D eigenvalue weighted by Crippen LogP contribution is 2.30. The quantitative estimate of drug-likeness (QED) is 0.494. The van der Waals surface area contributed by atoms with Crippen molar-refractivity contribution in [2.75, 3.05) is 25.0 Å². The Hall–Kier alpha value is -3.23. The van der Waals surface area contributed by atoms with Crippen LogP contribution in [-0.4, -0.2) is 47.4 Å². The fourth-order valence-electron chi connectivity index (χ4n) is 3.77. The molecule has 2 amide bonds. The first-order valence-corrected chi connectivity index (χ1v) is 12.1. The summed E-state index contributed by atoms with van der Waals surface area (Å²) in [5.74, 6) is -1.04. The van der Waals surface area contributed by atoms with Crippen LogP contribution in [0.15, 0.2) is 54.6 Å². The van der Waals surface area contributed by atoms with Gasteiger partial charge in [0.25, 0.3) is 5.91 Å². The average Bonchev–Trinajstić information content (AvgIpc) is 3.25. The molecule has 0 saturated carbocycles. The number of aromatic nitrogens is 1. The summed E-state index contributed by atoms with van der Waals surface area (Å²) in [7, 11) is 0. The predicted octanol–water partition coefficient (Wildman–Crippen LogP) is 4.81. The first-order valence-electron chi connectivity index (χ1n) is 10.9. The van der Waals surface area contributed by atoms with Crippen molar-refractivity contribution >= 4 is 46.4 Å². The Labute approximate surface area is 206 Å². The molecule has 0 atom stereocenters. The first-order chi connectivity index (χ1) is 16.4. The fraction of sp³-hybridized carbons (Fsp3) is 0.280. The number of aryl methyl sites for hydroxylation is 1. The molecule has 0 unspecified atom stereocenters. The number of nitrogens with zero attached hydrogens (tertiary/aromatic N) is 2. The lowest BCUT2D eigenvalue weighted by atomic mass is 9.95. The van der Waals surface area contributed by atoms with Crippen LogP contribution in [0.3, 0.4) is 0 Å². The third kappa shape index (κ3) is 5.81. The number of amides is 2. The van der Waals surface area contributed by atoms with Crippen LogP contribution in [-0.2, 0) is 14.3 Å². The fourth-order valence-corrected chi connectivity index (χ4v) is 4.92. The van der Waals surface area contributed by atoms with E-state index in [4.69, 9.17) is 16.3 Å².